The molecule has 0 aromatic heterocycles. The summed E-state index contributed by atoms with van der Waals surface area (Å²) in [5.41, 5.74) is 0. The lowest BCUT2D eigenvalue weighted by Crippen LogP contribution is -2.62. The number of alkyl halides is 5. The second-order valence-electron chi connectivity index (χ2n) is 5.23. The van der Waals surface area contributed by atoms with Crippen LogP contribution in [0.1, 0.15) is 20.3 Å². The number of amides is 1. The van der Waals surface area contributed by atoms with E-state index >= 15 is 0 Å². The molecule has 0 heterocycles. The molecule has 0 aliphatic heterocycles. The van der Waals surface area contributed by atoms with Crippen molar-refractivity contribution in [2.45, 2.75) is 43.5 Å². The van der Waals surface area contributed by atoms with Gasteiger partial charge in [0.05, 0.1) is 6.61 Å². The molecule has 8 nitrogen and oxygen atoms in total. The van der Waals surface area contributed by atoms with E-state index < -0.39 is 64.1 Å². The first-order chi connectivity index (χ1) is 11.9. The lowest BCUT2D eigenvalue weighted by molar-refractivity contribution is -0.348. The van der Waals surface area contributed by atoms with Gasteiger partial charge in [-0.15, -0.1) is 0 Å². The Morgan fingerprint density at radius 2 is 1.67 bits per heavy atom. The van der Waals surface area contributed by atoms with Crippen molar-refractivity contribution in [3.63, 3.8) is 0 Å². The van der Waals surface area contributed by atoms with Crippen molar-refractivity contribution in [3.8, 4) is 0 Å². The van der Waals surface area contributed by atoms with Crippen LogP contribution >= 0.6 is 0 Å². The lowest BCUT2D eigenvalue weighted by Gasteiger charge is -2.34. The van der Waals surface area contributed by atoms with Crippen molar-refractivity contribution >= 4 is 22.0 Å². The molecule has 158 valence electrons. The van der Waals surface area contributed by atoms with Gasteiger partial charge < -0.3 is 19.3 Å². The fourth-order valence-electron chi connectivity index (χ4n) is 1.39. The first-order valence-corrected chi connectivity index (χ1v) is 8.21. The van der Waals surface area contributed by atoms with E-state index in [9.17, 15) is 48.9 Å². The molecule has 0 aromatic rings. The van der Waals surface area contributed by atoms with Crippen LogP contribution in [0.4, 0.5) is 26.3 Å². The molecule has 0 bridgehead atoms. The average Bonchev–Trinajstić information content (AvgIpc) is 2.42. The summed E-state index contributed by atoms with van der Waals surface area (Å²) in [5, 5.41) is -3.42. The third kappa shape index (κ3) is 6.35. The highest BCUT2D eigenvalue weighted by atomic mass is 32.2. The Kier molecular flexibility index (Phi) is 7.85. The van der Waals surface area contributed by atoms with Gasteiger partial charge in [-0.3, -0.25) is 4.79 Å². The van der Waals surface area contributed by atoms with Gasteiger partial charge in [-0.2, -0.15) is 26.3 Å². The largest absolute Gasteiger partial charge is 0.743 e. The predicted octanol–water partition coefficient (Wildman–Crippen LogP) is 1.34. The van der Waals surface area contributed by atoms with Gasteiger partial charge in [0.15, 0.2) is 10.1 Å². The molecule has 1 atom stereocenters. The second kappa shape index (κ2) is 8.43. The molecule has 0 saturated carbocycles. The van der Waals surface area contributed by atoms with Gasteiger partial charge in [0.25, 0.3) is 0 Å². The molecule has 0 aliphatic carbocycles. The van der Waals surface area contributed by atoms with Crippen LogP contribution in [-0.2, 0) is 29.2 Å². The van der Waals surface area contributed by atoms with E-state index in [1.165, 1.54) is 13.8 Å². The summed E-state index contributed by atoms with van der Waals surface area (Å²) in [6, 6.07) is -1.00. The summed E-state index contributed by atoms with van der Waals surface area (Å²) in [7, 11) is -6.26. The molecular weight excluding hydrogens is 416 g/mol. The minimum Gasteiger partial charge on any atom is -0.743 e. The van der Waals surface area contributed by atoms with Crippen molar-refractivity contribution in [2.24, 2.45) is 0 Å². The van der Waals surface area contributed by atoms with E-state index in [1.54, 1.807) is 5.32 Å². The summed E-state index contributed by atoms with van der Waals surface area (Å²) in [6.45, 7) is 2.82. The normalized spacial score (nSPS) is 15.2. The van der Waals surface area contributed by atoms with Crippen molar-refractivity contribution in [2.75, 3.05) is 6.61 Å². The Balaban J connectivity index is 5.90. The lowest BCUT2D eigenvalue weighted by atomic mass is 10.2. The molecule has 1 amide bonds. The Labute approximate surface area is 149 Å². The maximum absolute atomic E-state index is 13.4. The summed E-state index contributed by atoms with van der Waals surface area (Å²) < 4.78 is 118. The van der Waals surface area contributed by atoms with Crippen LogP contribution in [0, 0.1) is 0 Å². The smallest absolute Gasteiger partial charge is 0.466 e. The van der Waals surface area contributed by atoms with Gasteiger partial charge in [0.2, 0.25) is 5.83 Å². The van der Waals surface area contributed by atoms with Crippen molar-refractivity contribution in [1.29, 1.82) is 0 Å². The number of nitrogens with one attached hydrogen (secondary N) is 1. The van der Waals surface area contributed by atoms with Crippen LogP contribution in [0.5, 0.6) is 0 Å². The molecule has 0 spiro atoms. The van der Waals surface area contributed by atoms with Gasteiger partial charge in [0, 0.05) is 12.5 Å². The van der Waals surface area contributed by atoms with Gasteiger partial charge in [-0.1, -0.05) is 6.58 Å². The summed E-state index contributed by atoms with van der Waals surface area (Å²) >= 11 is 0. The van der Waals surface area contributed by atoms with E-state index in [-0.39, 0.29) is 0 Å². The van der Waals surface area contributed by atoms with E-state index in [0.29, 0.717) is 0 Å². The van der Waals surface area contributed by atoms with Crippen LogP contribution in [0.3, 0.4) is 0 Å². The van der Waals surface area contributed by atoms with Gasteiger partial charge in [0.1, 0.15) is 0 Å². The van der Waals surface area contributed by atoms with E-state index in [2.05, 4.69) is 16.1 Å². The minimum absolute atomic E-state index is 1.00. The van der Waals surface area contributed by atoms with Crippen LogP contribution in [-0.4, -0.2) is 54.7 Å². The highest BCUT2D eigenvalue weighted by molar-refractivity contribution is 7.86. The van der Waals surface area contributed by atoms with Gasteiger partial charge >= 0.3 is 29.1 Å². The van der Waals surface area contributed by atoms with Crippen LogP contribution in [0.2, 0.25) is 0 Å². The van der Waals surface area contributed by atoms with Crippen molar-refractivity contribution in [1.82, 2.24) is 5.32 Å². The molecule has 15 heteroatoms. The average molecular weight is 430 g/mol. The number of ether oxygens (including phenoxy) is 2. The third-order valence-electron chi connectivity index (χ3n) is 2.61. The maximum Gasteiger partial charge on any atom is 0.466 e. The molecule has 1 unspecified atom stereocenters. The molecule has 27 heavy (non-hydrogen) atoms. The Bertz CT molecular complexity index is 691. The van der Waals surface area contributed by atoms with E-state index in [1.807, 2.05) is 0 Å². The molecule has 0 fully saturated rings. The zero-order valence-corrected chi connectivity index (χ0v) is 14.5. The summed E-state index contributed by atoms with van der Waals surface area (Å²) in [5.74, 6) is -11.3. The Morgan fingerprint density at radius 1 is 1.19 bits per heavy atom. The van der Waals surface area contributed by atoms with Crippen LogP contribution in [0.25, 0.3) is 0 Å². The molecule has 0 aliphatic rings. The number of esters is 1. The van der Waals surface area contributed by atoms with Crippen LogP contribution in [0.15, 0.2) is 12.4 Å². The monoisotopic (exact) mass is 430 g/mol. The zero-order chi connectivity index (χ0) is 21.8. The zero-order valence-electron chi connectivity index (χ0n) is 13.7. The molecule has 0 radical (unpaired) electrons. The molecule has 1 N–H and O–H groups in total. The first-order valence-electron chi connectivity index (χ1n) is 6.80. The molecule has 0 aromatic carbocycles. The van der Waals surface area contributed by atoms with Gasteiger partial charge in [-0.05, 0) is 13.8 Å². The molecule has 0 rings (SSSR count). The highest BCUT2D eigenvalue weighted by Crippen LogP contribution is 2.37. The Morgan fingerprint density at radius 3 is 2.00 bits per heavy atom. The SMILES string of the molecule is C=C(F)C(=O)OC(OCCC(F)(F)S(=O)(=O)[O-])(C(=O)NC(C)C)C(F)(F)F. The number of carbonyl (C=O) groups excluding carboxylic acids is 2. The quantitative estimate of drug-likeness (QED) is 0.193. The van der Waals surface area contributed by atoms with Crippen LogP contribution < -0.4 is 5.32 Å². The minimum atomic E-state index is -6.26. The summed E-state index contributed by atoms with van der Waals surface area (Å²) in [4.78, 5) is 23.0. The third-order valence-corrected chi connectivity index (χ3v) is 3.55. The van der Waals surface area contributed by atoms with Crippen molar-refractivity contribution in [3.05, 3.63) is 12.4 Å². The molecule has 0 saturated heterocycles. The van der Waals surface area contributed by atoms with Gasteiger partial charge in [-0.25, -0.2) is 13.2 Å². The molecular formula is C12H14F6NO7S-. The number of halogens is 6. The number of hydrogen-bond donors (Lipinski definition) is 1. The fourth-order valence-corrected chi connectivity index (χ4v) is 1.72. The fraction of sp³-hybridized carbons (Fsp3) is 0.667. The van der Waals surface area contributed by atoms with E-state index in [0.717, 1.165) is 0 Å². The topological polar surface area (TPSA) is 122 Å². The summed E-state index contributed by atoms with van der Waals surface area (Å²) in [6.07, 6.45) is -8.03. The Hall–Kier alpha value is -1.87. The standard InChI is InChI=1S/C12H15F6NO7S/c1-6(2)19-9(21)11(12(16,17)18,26-8(20)7(3)13)25-5-4-10(14,15)27(22,23)24/h6H,3-5H2,1-2H3,(H,19,21)(H,22,23,24)/p-1. The van der Waals surface area contributed by atoms with E-state index in [4.69, 9.17) is 0 Å². The van der Waals surface area contributed by atoms with Crippen molar-refractivity contribution < 1.29 is 58.4 Å². The maximum atomic E-state index is 13.4. The highest BCUT2D eigenvalue weighted by Gasteiger charge is 2.66. The number of rotatable bonds is 9. The first kappa shape index (κ1) is 25.1. The number of carbonyl (C=O) groups is 2. The predicted molar refractivity (Wildman–Crippen MR) is 73.6 cm³/mol. The number of hydrogen-bond acceptors (Lipinski definition) is 7. The second-order valence-corrected chi connectivity index (χ2v) is 6.73.